The van der Waals surface area contributed by atoms with E-state index < -0.39 is 0 Å². The third-order valence-corrected chi connectivity index (χ3v) is 11.8. The van der Waals surface area contributed by atoms with E-state index in [0.717, 1.165) is 87.6 Å². The Morgan fingerprint density at radius 3 is 0.861 bits per heavy atom. The Balaban J connectivity index is 0.000000141. The Hall–Kier alpha value is -0.160. The SMILES string of the molecule is C1CCC(C2CCC(C3CCC4(CC3)OCCO4)CC2)C1.C1CCC(C2CCC3(CC2)OCCO3)C1. The van der Waals surface area contributed by atoms with E-state index in [1.165, 1.54) is 103 Å². The highest BCUT2D eigenvalue weighted by Crippen LogP contribution is 2.48. The van der Waals surface area contributed by atoms with Crippen LogP contribution in [0, 0.1) is 35.5 Å². The lowest BCUT2D eigenvalue weighted by atomic mass is 9.68. The van der Waals surface area contributed by atoms with E-state index >= 15 is 0 Å². The van der Waals surface area contributed by atoms with E-state index in [1.54, 1.807) is 0 Å². The third-order valence-electron chi connectivity index (χ3n) is 11.8. The van der Waals surface area contributed by atoms with E-state index in [4.69, 9.17) is 18.9 Å². The van der Waals surface area contributed by atoms with Gasteiger partial charge in [0.05, 0.1) is 26.4 Å². The van der Waals surface area contributed by atoms with Gasteiger partial charge in [-0.15, -0.1) is 0 Å². The van der Waals surface area contributed by atoms with Gasteiger partial charge in [0, 0.05) is 25.7 Å². The van der Waals surface area contributed by atoms with Crippen molar-refractivity contribution in [3.63, 3.8) is 0 Å². The van der Waals surface area contributed by atoms with Crippen LogP contribution in [-0.4, -0.2) is 38.0 Å². The maximum Gasteiger partial charge on any atom is 0.168 e. The van der Waals surface area contributed by atoms with Crippen molar-refractivity contribution in [2.45, 2.75) is 140 Å². The zero-order chi connectivity index (χ0) is 24.3. The molecule has 0 N–H and O–H groups in total. The van der Waals surface area contributed by atoms with Crippen LogP contribution in [0.5, 0.6) is 0 Å². The molecule has 2 heterocycles. The van der Waals surface area contributed by atoms with Gasteiger partial charge < -0.3 is 18.9 Å². The summed E-state index contributed by atoms with van der Waals surface area (Å²) in [6.45, 7) is 3.26. The quantitative estimate of drug-likeness (QED) is 0.391. The molecule has 4 nitrogen and oxygen atoms in total. The molecule has 5 saturated carbocycles. The van der Waals surface area contributed by atoms with Gasteiger partial charge in [-0.25, -0.2) is 0 Å². The van der Waals surface area contributed by atoms with Crippen molar-refractivity contribution in [3.8, 4) is 0 Å². The van der Waals surface area contributed by atoms with Crippen LogP contribution in [0.15, 0.2) is 0 Å². The molecule has 0 aromatic rings. The van der Waals surface area contributed by atoms with Crippen LogP contribution in [0.1, 0.15) is 128 Å². The molecule has 0 aromatic carbocycles. The standard InChI is InChI=1S/C19H32O2.C13H22O2/c1-2-4-15(3-1)16-5-7-17(8-6-16)18-9-11-19(12-10-18)20-13-14-21-19;1-2-4-11(3-1)12-5-7-13(8-6-12)14-9-10-15-13/h15-18H,1-14H2;11-12H,1-10H2. The fourth-order valence-electron chi connectivity index (χ4n) is 9.62. The molecular formula is C32H54O4. The molecule has 0 unspecified atom stereocenters. The average molecular weight is 503 g/mol. The van der Waals surface area contributed by atoms with Crippen LogP contribution < -0.4 is 0 Å². The Morgan fingerprint density at radius 2 is 0.556 bits per heavy atom. The topological polar surface area (TPSA) is 36.9 Å². The highest BCUT2D eigenvalue weighted by Gasteiger charge is 2.43. The monoisotopic (exact) mass is 502 g/mol. The lowest BCUT2D eigenvalue weighted by Crippen LogP contribution is -2.37. The van der Waals surface area contributed by atoms with Crippen LogP contribution >= 0.6 is 0 Å². The minimum atomic E-state index is -0.155. The van der Waals surface area contributed by atoms with Crippen molar-refractivity contribution >= 4 is 0 Å². The normalized spacial score (nSPS) is 37.5. The summed E-state index contributed by atoms with van der Waals surface area (Å²) in [5, 5.41) is 0. The number of hydrogen-bond donors (Lipinski definition) is 0. The van der Waals surface area contributed by atoms with Crippen molar-refractivity contribution in [3.05, 3.63) is 0 Å². The van der Waals surface area contributed by atoms with E-state index in [1.807, 2.05) is 0 Å². The molecule has 206 valence electrons. The Kier molecular flexibility index (Phi) is 8.64. The van der Waals surface area contributed by atoms with Gasteiger partial charge in [0.1, 0.15) is 0 Å². The predicted octanol–water partition coefficient (Wildman–Crippen LogP) is 8.03. The minimum Gasteiger partial charge on any atom is -0.348 e. The molecule has 5 aliphatic carbocycles. The van der Waals surface area contributed by atoms with Crippen molar-refractivity contribution in [1.82, 2.24) is 0 Å². The highest BCUT2D eigenvalue weighted by molar-refractivity contribution is 4.89. The fourth-order valence-corrected chi connectivity index (χ4v) is 9.62. The van der Waals surface area contributed by atoms with Gasteiger partial charge in [-0.1, -0.05) is 51.4 Å². The number of rotatable bonds is 3. The first kappa shape index (κ1) is 26.1. The molecule has 2 aliphatic heterocycles. The van der Waals surface area contributed by atoms with Gasteiger partial charge in [-0.05, 0) is 86.9 Å². The first-order valence-corrected chi connectivity index (χ1v) is 16.3. The molecule has 0 radical (unpaired) electrons. The van der Waals surface area contributed by atoms with Crippen LogP contribution in [0.4, 0.5) is 0 Å². The summed E-state index contributed by atoms with van der Waals surface area (Å²) in [5.41, 5.74) is 0. The van der Waals surface area contributed by atoms with E-state index in [9.17, 15) is 0 Å². The molecule has 0 amide bonds. The number of ether oxygens (including phenoxy) is 4. The first-order valence-electron chi connectivity index (χ1n) is 16.3. The Bertz CT molecular complexity index is 642. The average Bonchev–Trinajstić information content (AvgIpc) is 3.75. The predicted molar refractivity (Wildman–Crippen MR) is 143 cm³/mol. The summed E-state index contributed by atoms with van der Waals surface area (Å²) < 4.78 is 23.3. The number of hydrogen-bond acceptors (Lipinski definition) is 4. The summed E-state index contributed by atoms with van der Waals surface area (Å²) in [4.78, 5) is 0. The van der Waals surface area contributed by atoms with Crippen molar-refractivity contribution in [2.75, 3.05) is 26.4 Å². The second-order valence-electron chi connectivity index (χ2n) is 13.7. The Labute approximate surface area is 220 Å². The summed E-state index contributed by atoms with van der Waals surface area (Å²) in [6, 6.07) is 0. The second-order valence-corrected chi connectivity index (χ2v) is 13.7. The van der Waals surface area contributed by atoms with Gasteiger partial charge in [0.2, 0.25) is 0 Å². The van der Waals surface area contributed by atoms with Gasteiger partial charge in [0.15, 0.2) is 11.6 Å². The van der Waals surface area contributed by atoms with Gasteiger partial charge in [-0.3, -0.25) is 0 Å². The third kappa shape index (κ3) is 6.02. The van der Waals surface area contributed by atoms with E-state index in [-0.39, 0.29) is 11.6 Å². The van der Waals surface area contributed by atoms with Crippen molar-refractivity contribution < 1.29 is 18.9 Å². The molecule has 2 spiro atoms. The maximum atomic E-state index is 5.88. The van der Waals surface area contributed by atoms with Gasteiger partial charge in [0.25, 0.3) is 0 Å². The molecular weight excluding hydrogens is 448 g/mol. The fraction of sp³-hybridized carbons (Fsp3) is 1.00. The van der Waals surface area contributed by atoms with E-state index in [2.05, 4.69) is 0 Å². The van der Waals surface area contributed by atoms with E-state index in [0.29, 0.717) is 0 Å². The molecule has 0 atom stereocenters. The molecule has 0 bridgehead atoms. The second kappa shape index (κ2) is 11.9. The lowest BCUT2D eigenvalue weighted by Gasteiger charge is -2.41. The van der Waals surface area contributed by atoms with Crippen molar-refractivity contribution in [1.29, 1.82) is 0 Å². The summed E-state index contributed by atoms with van der Waals surface area (Å²) in [6.07, 6.45) is 28.1. The van der Waals surface area contributed by atoms with Crippen LogP contribution in [0.3, 0.4) is 0 Å². The van der Waals surface area contributed by atoms with Crippen LogP contribution in [0.25, 0.3) is 0 Å². The van der Waals surface area contributed by atoms with Gasteiger partial charge >= 0.3 is 0 Å². The summed E-state index contributed by atoms with van der Waals surface area (Å²) in [5.74, 6) is 5.87. The molecule has 7 rings (SSSR count). The Morgan fingerprint density at radius 1 is 0.306 bits per heavy atom. The van der Waals surface area contributed by atoms with Gasteiger partial charge in [-0.2, -0.15) is 0 Å². The summed E-state index contributed by atoms with van der Waals surface area (Å²) >= 11 is 0. The van der Waals surface area contributed by atoms with Crippen molar-refractivity contribution in [2.24, 2.45) is 35.5 Å². The zero-order valence-electron chi connectivity index (χ0n) is 23.1. The summed E-state index contributed by atoms with van der Waals surface area (Å²) in [7, 11) is 0. The highest BCUT2D eigenvalue weighted by atomic mass is 16.7. The first-order chi connectivity index (χ1) is 17.7. The minimum absolute atomic E-state index is 0.144. The molecule has 0 aromatic heterocycles. The maximum absolute atomic E-state index is 5.88. The lowest BCUT2D eigenvalue weighted by molar-refractivity contribution is -0.185. The van der Waals surface area contributed by atoms with Crippen LogP contribution in [-0.2, 0) is 18.9 Å². The molecule has 7 aliphatic rings. The largest absolute Gasteiger partial charge is 0.348 e. The molecule has 7 fully saturated rings. The molecule has 36 heavy (non-hydrogen) atoms. The smallest absolute Gasteiger partial charge is 0.168 e. The molecule has 2 saturated heterocycles. The molecule has 4 heteroatoms. The van der Waals surface area contributed by atoms with Crippen LogP contribution in [0.2, 0.25) is 0 Å². The zero-order valence-corrected chi connectivity index (χ0v) is 23.1.